The van der Waals surface area contributed by atoms with Crippen LogP contribution >= 0.6 is 0 Å². The monoisotopic (exact) mass is 293 g/mol. The SMILES string of the molecule is COCCCOCCN1CC(CC(=O)O)c2ccccc21. The van der Waals surface area contributed by atoms with Crippen molar-refractivity contribution in [2.24, 2.45) is 0 Å². The van der Waals surface area contributed by atoms with E-state index in [1.54, 1.807) is 7.11 Å². The third-order valence-electron chi connectivity index (χ3n) is 3.72. The van der Waals surface area contributed by atoms with Gasteiger partial charge >= 0.3 is 5.97 Å². The lowest BCUT2D eigenvalue weighted by molar-refractivity contribution is -0.137. The Kier molecular flexibility index (Phi) is 6.02. The number of nitrogens with zero attached hydrogens (tertiary/aromatic N) is 1. The summed E-state index contributed by atoms with van der Waals surface area (Å²) in [5.74, 6) is -0.667. The number of hydrogen-bond donors (Lipinski definition) is 1. The summed E-state index contributed by atoms with van der Waals surface area (Å²) in [6, 6.07) is 8.05. The van der Waals surface area contributed by atoms with Crippen LogP contribution in [0, 0.1) is 0 Å². The number of hydrogen-bond acceptors (Lipinski definition) is 4. The minimum absolute atomic E-state index is 0.0761. The topological polar surface area (TPSA) is 59.0 Å². The highest BCUT2D eigenvalue weighted by Crippen LogP contribution is 2.37. The quantitative estimate of drug-likeness (QED) is 0.707. The Morgan fingerprint density at radius 3 is 2.90 bits per heavy atom. The molecule has 0 saturated heterocycles. The van der Waals surface area contributed by atoms with Gasteiger partial charge in [0, 0.05) is 45.0 Å². The van der Waals surface area contributed by atoms with Crippen LogP contribution in [-0.4, -0.2) is 51.1 Å². The highest BCUT2D eigenvalue weighted by molar-refractivity contribution is 5.71. The standard InChI is InChI=1S/C16H23NO4/c1-20-8-4-9-21-10-7-17-12-13(11-16(18)19)14-5-2-3-6-15(14)17/h2-3,5-6,13H,4,7-12H2,1H3,(H,18,19). The van der Waals surface area contributed by atoms with E-state index >= 15 is 0 Å². The van der Waals surface area contributed by atoms with E-state index in [9.17, 15) is 4.79 Å². The largest absolute Gasteiger partial charge is 0.481 e. The Balaban J connectivity index is 1.85. The second kappa shape index (κ2) is 8.00. The molecule has 1 atom stereocenters. The van der Waals surface area contributed by atoms with Gasteiger partial charge in [-0.05, 0) is 18.1 Å². The molecule has 5 nitrogen and oxygen atoms in total. The van der Waals surface area contributed by atoms with Gasteiger partial charge in [0.25, 0.3) is 0 Å². The minimum atomic E-state index is -0.743. The summed E-state index contributed by atoms with van der Waals surface area (Å²) in [6.07, 6.45) is 1.08. The third-order valence-corrected chi connectivity index (χ3v) is 3.72. The molecule has 0 saturated carbocycles. The number of fused-ring (bicyclic) bond motifs is 1. The van der Waals surface area contributed by atoms with E-state index < -0.39 is 5.97 Å². The van der Waals surface area contributed by atoms with Crippen molar-refractivity contribution in [1.29, 1.82) is 0 Å². The van der Waals surface area contributed by atoms with E-state index in [2.05, 4.69) is 11.0 Å². The van der Waals surface area contributed by atoms with Crippen molar-refractivity contribution < 1.29 is 19.4 Å². The van der Waals surface area contributed by atoms with Crippen molar-refractivity contribution in [3.05, 3.63) is 29.8 Å². The van der Waals surface area contributed by atoms with Crippen LogP contribution in [0.4, 0.5) is 5.69 Å². The molecule has 21 heavy (non-hydrogen) atoms. The van der Waals surface area contributed by atoms with Crippen LogP contribution in [0.1, 0.15) is 24.3 Å². The minimum Gasteiger partial charge on any atom is -0.481 e. The third kappa shape index (κ3) is 4.44. The Labute approximate surface area is 125 Å². The predicted molar refractivity (Wildman–Crippen MR) is 81.0 cm³/mol. The first-order valence-electron chi connectivity index (χ1n) is 7.34. The summed E-state index contributed by atoms with van der Waals surface area (Å²) in [5.41, 5.74) is 2.28. The van der Waals surface area contributed by atoms with Gasteiger partial charge < -0.3 is 19.5 Å². The molecule has 1 aromatic rings. The van der Waals surface area contributed by atoms with E-state index in [0.717, 1.165) is 30.8 Å². The van der Waals surface area contributed by atoms with Gasteiger partial charge in [0.05, 0.1) is 13.0 Å². The Morgan fingerprint density at radius 1 is 1.33 bits per heavy atom. The molecular weight excluding hydrogens is 270 g/mol. The van der Waals surface area contributed by atoms with E-state index in [1.165, 1.54) is 0 Å². The molecule has 0 aliphatic carbocycles. The van der Waals surface area contributed by atoms with E-state index in [1.807, 2.05) is 18.2 Å². The Morgan fingerprint density at radius 2 is 2.14 bits per heavy atom. The zero-order valence-corrected chi connectivity index (χ0v) is 12.5. The summed E-state index contributed by atoms with van der Waals surface area (Å²) in [4.78, 5) is 13.2. The first-order chi connectivity index (χ1) is 10.2. The highest BCUT2D eigenvalue weighted by atomic mass is 16.5. The second-order valence-electron chi connectivity index (χ2n) is 5.26. The first-order valence-corrected chi connectivity index (χ1v) is 7.34. The summed E-state index contributed by atoms with van der Waals surface area (Å²) < 4.78 is 10.6. The maximum atomic E-state index is 11.0. The fourth-order valence-electron chi connectivity index (χ4n) is 2.76. The van der Waals surface area contributed by atoms with Gasteiger partial charge in [0.1, 0.15) is 0 Å². The Hall–Kier alpha value is -1.59. The molecule has 0 amide bonds. The van der Waals surface area contributed by atoms with Crippen LogP contribution in [0.25, 0.3) is 0 Å². The average Bonchev–Trinajstić information content (AvgIpc) is 2.81. The fraction of sp³-hybridized carbons (Fsp3) is 0.562. The number of carbonyl (C=O) groups is 1. The van der Waals surface area contributed by atoms with Gasteiger partial charge in [0.15, 0.2) is 0 Å². The molecule has 1 aromatic carbocycles. The van der Waals surface area contributed by atoms with E-state index in [4.69, 9.17) is 14.6 Å². The molecule has 1 aliphatic heterocycles. The predicted octanol–water partition coefficient (Wildman–Crippen LogP) is 2.12. The van der Waals surface area contributed by atoms with Crippen molar-refractivity contribution >= 4 is 11.7 Å². The molecule has 1 unspecified atom stereocenters. The molecule has 0 aromatic heterocycles. The van der Waals surface area contributed by atoms with Crippen LogP contribution in [-0.2, 0) is 14.3 Å². The molecule has 1 aliphatic rings. The van der Waals surface area contributed by atoms with Crippen molar-refractivity contribution in [3.8, 4) is 0 Å². The van der Waals surface area contributed by atoms with Crippen molar-refractivity contribution in [2.75, 3.05) is 44.9 Å². The zero-order chi connectivity index (χ0) is 15.1. The van der Waals surface area contributed by atoms with Crippen LogP contribution in [0.5, 0.6) is 0 Å². The number of para-hydroxylation sites is 1. The van der Waals surface area contributed by atoms with Crippen molar-refractivity contribution in [1.82, 2.24) is 0 Å². The molecule has 0 spiro atoms. The molecule has 0 fully saturated rings. The zero-order valence-electron chi connectivity index (χ0n) is 12.5. The number of benzene rings is 1. The van der Waals surface area contributed by atoms with Gasteiger partial charge in [-0.3, -0.25) is 4.79 Å². The molecule has 2 rings (SSSR count). The maximum absolute atomic E-state index is 11.0. The second-order valence-corrected chi connectivity index (χ2v) is 5.26. The summed E-state index contributed by atoms with van der Waals surface area (Å²) in [7, 11) is 1.68. The number of aliphatic carboxylic acids is 1. The molecule has 5 heteroatoms. The highest BCUT2D eigenvalue weighted by Gasteiger charge is 2.29. The lowest BCUT2D eigenvalue weighted by Crippen LogP contribution is -2.27. The normalized spacial score (nSPS) is 17.0. The summed E-state index contributed by atoms with van der Waals surface area (Å²) >= 11 is 0. The lowest BCUT2D eigenvalue weighted by atomic mass is 9.98. The van der Waals surface area contributed by atoms with Crippen molar-refractivity contribution in [3.63, 3.8) is 0 Å². The number of methoxy groups -OCH3 is 1. The van der Waals surface area contributed by atoms with Crippen LogP contribution in [0.15, 0.2) is 24.3 Å². The number of carboxylic acids is 1. The fourth-order valence-corrected chi connectivity index (χ4v) is 2.76. The molecule has 1 heterocycles. The van der Waals surface area contributed by atoms with Gasteiger partial charge in [0.2, 0.25) is 0 Å². The van der Waals surface area contributed by atoms with Crippen LogP contribution in [0.3, 0.4) is 0 Å². The van der Waals surface area contributed by atoms with Gasteiger partial charge in [-0.1, -0.05) is 18.2 Å². The molecule has 116 valence electrons. The number of rotatable bonds is 9. The van der Waals surface area contributed by atoms with Crippen LogP contribution in [0.2, 0.25) is 0 Å². The van der Waals surface area contributed by atoms with Gasteiger partial charge in [-0.2, -0.15) is 0 Å². The van der Waals surface area contributed by atoms with E-state index in [-0.39, 0.29) is 12.3 Å². The molecular formula is C16H23NO4. The molecule has 0 bridgehead atoms. The maximum Gasteiger partial charge on any atom is 0.304 e. The average molecular weight is 293 g/mol. The summed E-state index contributed by atoms with van der Waals surface area (Å²) in [6.45, 7) is 3.61. The van der Waals surface area contributed by atoms with Crippen LogP contribution < -0.4 is 4.90 Å². The van der Waals surface area contributed by atoms with Crippen molar-refractivity contribution in [2.45, 2.75) is 18.8 Å². The number of ether oxygens (including phenoxy) is 2. The Bertz CT molecular complexity index is 463. The molecule has 0 radical (unpaired) electrons. The van der Waals surface area contributed by atoms with Gasteiger partial charge in [-0.15, -0.1) is 0 Å². The number of anilines is 1. The lowest BCUT2D eigenvalue weighted by Gasteiger charge is -2.19. The van der Waals surface area contributed by atoms with Gasteiger partial charge in [-0.25, -0.2) is 0 Å². The number of carboxylic acid groups (broad SMARTS) is 1. The van der Waals surface area contributed by atoms with E-state index in [0.29, 0.717) is 19.8 Å². The summed E-state index contributed by atoms with van der Waals surface area (Å²) in [5, 5.41) is 9.03. The smallest absolute Gasteiger partial charge is 0.304 e. The molecule has 1 N–H and O–H groups in total. The first kappa shape index (κ1) is 15.8.